The number of nitrogen functional groups attached to an aromatic ring is 1. The number of nitrogens with two attached hydrogens (primary N) is 1. The fourth-order valence-corrected chi connectivity index (χ4v) is 4.58. The van der Waals surface area contributed by atoms with Crippen molar-refractivity contribution in [3.05, 3.63) is 42.2 Å². The Morgan fingerprint density at radius 2 is 2.10 bits per heavy atom. The summed E-state index contributed by atoms with van der Waals surface area (Å²) in [7, 11) is -4.24. The summed E-state index contributed by atoms with van der Waals surface area (Å²) in [4.78, 5) is 22.3. The van der Waals surface area contributed by atoms with E-state index in [2.05, 4.69) is 20.3 Å². The first-order chi connectivity index (χ1) is 14.4. The van der Waals surface area contributed by atoms with Crippen LogP contribution in [-0.2, 0) is 24.9 Å². The number of fused-ring (bicyclic) bond motifs is 2. The second kappa shape index (κ2) is 7.27. The maximum absolute atomic E-state index is 11.8. The molecule has 2 aromatic heterocycles. The van der Waals surface area contributed by atoms with E-state index in [9.17, 15) is 14.6 Å². The van der Waals surface area contributed by atoms with Gasteiger partial charge in [0.25, 0.3) is 0 Å². The molecule has 5 atom stereocenters. The molecule has 0 bridgehead atoms. The Bertz CT molecular complexity index is 1130. The number of ether oxygens (including phenoxy) is 1. The molecule has 5 N–H and O–H groups in total. The van der Waals surface area contributed by atoms with E-state index >= 15 is 0 Å². The third kappa shape index (κ3) is 3.33. The van der Waals surface area contributed by atoms with E-state index in [0.29, 0.717) is 23.7 Å². The van der Waals surface area contributed by atoms with Crippen molar-refractivity contribution in [2.45, 2.75) is 31.1 Å². The summed E-state index contributed by atoms with van der Waals surface area (Å²) in [6.45, 7) is 0.251. The fraction of sp³-hybridized carbons (Fsp3) is 0.353. The molecule has 158 valence electrons. The maximum atomic E-state index is 11.8. The maximum Gasteiger partial charge on any atom is 0.472 e. The zero-order valence-electron chi connectivity index (χ0n) is 15.5. The van der Waals surface area contributed by atoms with Gasteiger partial charge in [-0.15, -0.1) is 0 Å². The van der Waals surface area contributed by atoms with Crippen molar-refractivity contribution in [1.29, 1.82) is 0 Å². The summed E-state index contributed by atoms with van der Waals surface area (Å²) >= 11 is 0. The standard InChI is InChI=1S/C17H19N6O6P/c18-14-11-15(21-8-20-14)23(17(22-11)19-6-9-4-2-1-3-5-9)16-12(24)13-10(28-16)7-27-30(25,26)29-13/h1-5,8,10,12-13,16,24H,6-7H2,(H,19,22)(H,25,26)(H2,18,20,21)/t10-,12-,13-,16-/m1/s1. The molecular weight excluding hydrogens is 415 g/mol. The molecule has 0 saturated carbocycles. The number of aliphatic hydroxyl groups excluding tert-OH is 1. The summed E-state index contributed by atoms with van der Waals surface area (Å²) in [6, 6.07) is 9.66. The summed E-state index contributed by atoms with van der Waals surface area (Å²) in [5.74, 6) is 0.516. The highest BCUT2D eigenvalue weighted by molar-refractivity contribution is 7.47. The first kappa shape index (κ1) is 19.4. The number of rotatable bonds is 4. The topological polar surface area (TPSA) is 167 Å². The molecular formula is C17H19N6O6P. The minimum Gasteiger partial charge on any atom is -0.386 e. The zero-order valence-corrected chi connectivity index (χ0v) is 16.4. The van der Waals surface area contributed by atoms with Crippen molar-refractivity contribution >= 4 is 30.8 Å². The van der Waals surface area contributed by atoms with Gasteiger partial charge in [0.2, 0.25) is 5.95 Å². The number of benzene rings is 1. The molecule has 2 saturated heterocycles. The lowest BCUT2D eigenvalue weighted by atomic mass is 10.1. The van der Waals surface area contributed by atoms with Crippen LogP contribution in [0.3, 0.4) is 0 Å². The molecule has 0 aliphatic carbocycles. The minimum atomic E-state index is -4.24. The number of hydrogen-bond acceptors (Lipinski definition) is 10. The van der Waals surface area contributed by atoms with Crippen LogP contribution in [0.5, 0.6) is 0 Å². The molecule has 2 aliphatic rings. The number of hydrogen-bond donors (Lipinski definition) is 4. The predicted molar refractivity (Wildman–Crippen MR) is 104 cm³/mol. The number of nitrogens with one attached hydrogen (secondary N) is 1. The van der Waals surface area contributed by atoms with Gasteiger partial charge in [0.1, 0.15) is 24.6 Å². The lowest BCUT2D eigenvalue weighted by Crippen LogP contribution is -2.39. The lowest BCUT2D eigenvalue weighted by molar-refractivity contribution is -0.0659. The lowest BCUT2D eigenvalue weighted by Gasteiger charge is -2.27. The Kier molecular flexibility index (Phi) is 4.69. The van der Waals surface area contributed by atoms with Gasteiger partial charge in [-0.1, -0.05) is 30.3 Å². The third-order valence-corrected chi connectivity index (χ3v) is 6.00. The molecule has 0 radical (unpaired) electrons. The van der Waals surface area contributed by atoms with Crippen molar-refractivity contribution in [3.63, 3.8) is 0 Å². The highest BCUT2D eigenvalue weighted by atomic mass is 31.2. The van der Waals surface area contributed by atoms with E-state index in [0.717, 1.165) is 5.56 Å². The monoisotopic (exact) mass is 434 g/mol. The molecule has 3 aromatic rings. The van der Waals surface area contributed by atoms with E-state index < -0.39 is 32.4 Å². The average Bonchev–Trinajstić information content (AvgIpc) is 3.25. The van der Waals surface area contributed by atoms with Crippen molar-refractivity contribution < 1.29 is 28.3 Å². The van der Waals surface area contributed by atoms with Crippen molar-refractivity contribution in [2.24, 2.45) is 0 Å². The van der Waals surface area contributed by atoms with Crippen LogP contribution < -0.4 is 11.1 Å². The average molecular weight is 434 g/mol. The van der Waals surface area contributed by atoms with Crippen LogP contribution in [0.15, 0.2) is 36.7 Å². The molecule has 2 fully saturated rings. The molecule has 30 heavy (non-hydrogen) atoms. The number of anilines is 2. The summed E-state index contributed by atoms with van der Waals surface area (Å²) in [6.07, 6.45) is -2.77. The highest BCUT2D eigenvalue weighted by Gasteiger charge is 2.53. The van der Waals surface area contributed by atoms with Gasteiger partial charge in [-0.05, 0) is 5.56 Å². The van der Waals surface area contributed by atoms with Crippen LogP contribution in [0.1, 0.15) is 11.8 Å². The van der Waals surface area contributed by atoms with Crippen molar-refractivity contribution in [3.8, 4) is 0 Å². The first-order valence-electron chi connectivity index (χ1n) is 9.18. The molecule has 2 aliphatic heterocycles. The molecule has 1 unspecified atom stereocenters. The summed E-state index contributed by atoms with van der Waals surface area (Å²) < 4.78 is 29.1. The van der Waals surface area contributed by atoms with Gasteiger partial charge in [0.15, 0.2) is 23.2 Å². The molecule has 1 aromatic carbocycles. The van der Waals surface area contributed by atoms with Crippen LogP contribution in [0.2, 0.25) is 0 Å². The first-order valence-corrected chi connectivity index (χ1v) is 10.7. The fourth-order valence-electron chi connectivity index (χ4n) is 3.62. The molecule has 0 spiro atoms. The van der Waals surface area contributed by atoms with Crippen molar-refractivity contribution in [1.82, 2.24) is 19.5 Å². The van der Waals surface area contributed by atoms with Gasteiger partial charge >= 0.3 is 7.82 Å². The molecule has 12 nitrogen and oxygen atoms in total. The van der Waals surface area contributed by atoms with E-state index in [4.69, 9.17) is 19.5 Å². The molecule has 0 amide bonds. The van der Waals surface area contributed by atoms with Crippen LogP contribution in [0.4, 0.5) is 11.8 Å². The number of phosphoric ester groups is 1. The molecule has 4 heterocycles. The predicted octanol–water partition coefficient (Wildman–Crippen LogP) is 0.795. The van der Waals surface area contributed by atoms with E-state index in [1.54, 1.807) is 4.57 Å². The number of nitrogens with zero attached hydrogens (tertiary/aromatic N) is 4. The van der Waals surface area contributed by atoms with Crippen LogP contribution in [0.25, 0.3) is 11.2 Å². The minimum absolute atomic E-state index is 0.172. The number of imidazole rings is 1. The van der Waals surface area contributed by atoms with Gasteiger partial charge in [-0.3, -0.25) is 13.6 Å². The van der Waals surface area contributed by atoms with Crippen LogP contribution in [0, 0.1) is 0 Å². The molecule has 5 rings (SSSR count). The van der Waals surface area contributed by atoms with Gasteiger partial charge in [0, 0.05) is 6.54 Å². The second-order valence-electron chi connectivity index (χ2n) is 6.97. The van der Waals surface area contributed by atoms with Gasteiger partial charge < -0.3 is 25.8 Å². The Morgan fingerprint density at radius 1 is 1.30 bits per heavy atom. The Labute approximate surface area is 170 Å². The smallest absolute Gasteiger partial charge is 0.386 e. The second-order valence-corrected chi connectivity index (χ2v) is 8.37. The van der Waals surface area contributed by atoms with Gasteiger partial charge in [-0.25, -0.2) is 19.5 Å². The van der Waals surface area contributed by atoms with Crippen LogP contribution in [-0.4, -0.2) is 54.4 Å². The van der Waals surface area contributed by atoms with Gasteiger partial charge in [0.05, 0.1) is 6.61 Å². The number of phosphoric acid groups is 1. The van der Waals surface area contributed by atoms with Crippen molar-refractivity contribution in [2.75, 3.05) is 17.7 Å². The van der Waals surface area contributed by atoms with Crippen LogP contribution >= 0.6 is 7.82 Å². The van der Waals surface area contributed by atoms with E-state index in [1.165, 1.54) is 6.33 Å². The largest absolute Gasteiger partial charge is 0.472 e. The Morgan fingerprint density at radius 3 is 2.90 bits per heavy atom. The number of aromatic nitrogens is 4. The SMILES string of the molecule is Nc1ncnc2c1nc(NCc1ccccc1)n2[C@@H]1O[C@@H]2COP(=O)(O)O[C@H]2[C@H]1O. The van der Waals surface area contributed by atoms with E-state index in [1.807, 2.05) is 30.3 Å². The zero-order chi connectivity index (χ0) is 20.9. The Balaban J connectivity index is 1.53. The summed E-state index contributed by atoms with van der Waals surface area (Å²) in [5.41, 5.74) is 7.65. The van der Waals surface area contributed by atoms with E-state index in [-0.39, 0.29) is 12.4 Å². The quantitative estimate of drug-likeness (QED) is 0.429. The third-order valence-electron chi connectivity index (χ3n) is 5.02. The highest BCUT2D eigenvalue weighted by Crippen LogP contribution is 2.52. The number of aliphatic hydroxyl groups is 1. The normalized spacial score (nSPS) is 31.0. The molecule has 13 heteroatoms. The van der Waals surface area contributed by atoms with Gasteiger partial charge in [-0.2, -0.15) is 0 Å². The Hall–Kier alpha value is -2.60. The summed E-state index contributed by atoms with van der Waals surface area (Å²) in [5, 5.41) is 14.0.